The summed E-state index contributed by atoms with van der Waals surface area (Å²) >= 11 is 0. The molecule has 2 aliphatic rings. The van der Waals surface area contributed by atoms with E-state index in [0.717, 1.165) is 38.9 Å². The van der Waals surface area contributed by atoms with E-state index < -0.39 is 10.0 Å². The Kier molecular flexibility index (Phi) is 5.84. The number of hydrogen-bond acceptors (Lipinski definition) is 4. The van der Waals surface area contributed by atoms with E-state index >= 15 is 0 Å². The van der Waals surface area contributed by atoms with E-state index in [9.17, 15) is 8.42 Å². The van der Waals surface area contributed by atoms with Gasteiger partial charge in [0.15, 0.2) is 0 Å². The molecule has 0 radical (unpaired) electrons. The van der Waals surface area contributed by atoms with Crippen LogP contribution in [0.1, 0.15) is 39.5 Å². The summed E-state index contributed by atoms with van der Waals surface area (Å²) in [5.74, 6) is 0.276. The molecule has 2 fully saturated rings. The highest BCUT2D eigenvalue weighted by Gasteiger charge is 2.34. The molecular formula is C14H29N3O2S. The van der Waals surface area contributed by atoms with Crippen LogP contribution in [-0.4, -0.2) is 68.2 Å². The Bertz CT molecular complexity index is 389. The van der Waals surface area contributed by atoms with Gasteiger partial charge in [0.05, 0.1) is 5.75 Å². The van der Waals surface area contributed by atoms with Gasteiger partial charge in [-0.1, -0.05) is 20.3 Å². The highest BCUT2D eigenvalue weighted by Crippen LogP contribution is 2.20. The van der Waals surface area contributed by atoms with Crippen LogP contribution < -0.4 is 5.32 Å². The third-order valence-corrected chi connectivity index (χ3v) is 6.61. The van der Waals surface area contributed by atoms with Crippen molar-refractivity contribution in [3.8, 4) is 0 Å². The smallest absolute Gasteiger partial charge is 0.215 e. The van der Waals surface area contributed by atoms with Crippen molar-refractivity contribution in [2.45, 2.75) is 51.6 Å². The lowest BCUT2D eigenvalue weighted by atomic mass is 10.1. The summed E-state index contributed by atoms with van der Waals surface area (Å²) in [6.07, 6.45) is 4.28. The van der Waals surface area contributed by atoms with Crippen molar-refractivity contribution in [1.29, 1.82) is 0 Å². The molecule has 1 N–H and O–H groups in total. The first kappa shape index (κ1) is 16.2. The molecule has 2 heterocycles. The molecule has 0 aromatic rings. The molecule has 2 aliphatic heterocycles. The SMILES string of the molecule is CCN(CC)C1CCN(S(=O)(=O)CC2CCCCN2)C1. The molecule has 2 atom stereocenters. The zero-order valence-electron chi connectivity index (χ0n) is 12.8. The van der Waals surface area contributed by atoms with Crippen molar-refractivity contribution in [2.75, 3.05) is 38.5 Å². The lowest BCUT2D eigenvalue weighted by molar-refractivity contribution is 0.224. The molecule has 2 saturated heterocycles. The number of sulfonamides is 1. The third-order valence-electron chi connectivity index (χ3n) is 4.67. The van der Waals surface area contributed by atoms with Crippen LogP contribution in [-0.2, 0) is 10.0 Å². The Morgan fingerprint density at radius 2 is 1.95 bits per heavy atom. The van der Waals surface area contributed by atoms with Crippen LogP contribution in [0.25, 0.3) is 0 Å². The van der Waals surface area contributed by atoms with Crippen molar-refractivity contribution < 1.29 is 8.42 Å². The Morgan fingerprint density at radius 1 is 1.20 bits per heavy atom. The summed E-state index contributed by atoms with van der Waals surface area (Å²) in [5, 5.41) is 3.34. The van der Waals surface area contributed by atoms with E-state index in [1.807, 2.05) is 0 Å². The minimum absolute atomic E-state index is 0.154. The molecule has 0 saturated carbocycles. The molecule has 0 aliphatic carbocycles. The molecule has 0 aromatic carbocycles. The van der Waals surface area contributed by atoms with Gasteiger partial charge >= 0.3 is 0 Å². The van der Waals surface area contributed by atoms with E-state index in [4.69, 9.17) is 0 Å². The van der Waals surface area contributed by atoms with Gasteiger partial charge in [-0.05, 0) is 38.9 Å². The Balaban J connectivity index is 1.90. The molecule has 2 rings (SSSR count). The Morgan fingerprint density at radius 3 is 2.55 bits per heavy atom. The maximum Gasteiger partial charge on any atom is 0.215 e. The highest BCUT2D eigenvalue weighted by molar-refractivity contribution is 7.89. The van der Waals surface area contributed by atoms with Crippen LogP contribution in [0.2, 0.25) is 0 Å². The second-order valence-electron chi connectivity index (χ2n) is 5.95. The topological polar surface area (TPSA) is 52.7 Å². The Hall–Kier alpha value is -0.170. The van der Waals surface area contributed by atoms with Gasteiger partial charge in [0, 0.05) is 25.2 Å². The van der Waals surface area contributed by atoms with Crippen molar-refractivity contribution in [3.05, 3.63) is 0 Å². The zero-order valence-corrected chi connectivity index (χ0v) is 13.7. The van der Waals surface area contributed by atoms with Gasteiger partial charge in [0.1, 0.15) is 0 Å². The summed E-state index contributed by atoms with van der Waals surface area (Å²) in [4.78, 5) is 2.37. The number of rotatable bonds is 6. The summed E-state index contributed by atoms with van der Waals surface area (Å²) in [7, 11) is -3.10. The van der Waals surface area contributed by atoms with Crippen LogP contribution in [0.5, 0.6) is 0 Å². The van der Waals surface area contributed by atoms with E-state index in [1.165, 1.54) is 6.42 Å². The summed E-state index contributed by atoms with van der Waals surface area (Å²) in [6.45, 7) is 8.62. The van der Waals surface area contributed by atoms with E-state index in [2.05, 4.69) is 24.1 Å². The molecule has 0 bridgehead atoms. The van der Waals surface area contributed by atoms with Gasteiger partial charge in [-0.25, -0.2) is 12.7 Å². The normalized spacial score (nSPS) is 29.1. The third kappa shape index (κ3) is 3.93. The van der Waals surface area contributed by atoms with Crippen LogP contribution in [0.4, 0.5) is 0 Å². The number of nitrogens with zero attached hydrogens (tertiary/aromatic N) is 2. The van der Waals surface area contributed by atoms with Crippen molar-refractivity contribution in [3.63, 3.8) is 0 Å². The molecule has 0 spiro atoms. The predicted molar refractivity (Wildman–Crippen MR) is 82.3 cm³/mol. The first-order valence-corrected chi connectivity index (χ1v) is 9.63. The maximum atomic E-state index is 12.5. The fourth-order valence-corrected chi connectivity index (χ4v) is 5.21. The largest absolute Gasteiger partial charge is 0.313 e. The van der Waals surface area contributed by atoms with Crippen molar-refractivity contribution in [2.24, 2.45) is 0 Å². The molecule has 5 nitrogen and oxygen atoms in total. The molecule has 0 amide bonds. The van der Waals surface area contributed by atoms with Crippen LogP contribution in [0.3, 0.4) is 0 Å². The molecule has 0 aromatic heterocycles. The second kappa shape index (κ2) is 7.20. The van der Waals surface area contributed by atoms with Crippen LogP contribution in [0.15, 0.2) is 0 Å². The monoisotopic (exact) mass is 303 g/mol. The van der Waals surface area contributed by atoms with Gasteiger partial charge in [-0.15, -0.1) is 0 Å². The fraction of sp³-hybridized carbons (Fsp3) is 1.00. The average Bonchev–Trinajstić information content (AvgIpc) is 2.91. The van der Waals surface area contributed by atoms with Crippen LogP contribution in [0, 0.1) is 0 Å². The van der Waals surface area contributed by atoms with E-state index in [0.29, 0.717) is 19.1 Å². The summed E-state index contributed by atoms with van der Waals surface area (Å²) in [6, 6.07) is 0.556. The molecule has 6 heteroatoms. The maximum absolute atomic E-state index is 12.5. The van der Waals surface area contributed by atoms with Gasteiger partial charge < -0.3 is 5.32 Å². The van der Waals surface area contributed by atoms with Gasteiger partial charge in [-0.3, -0.25) is 4.90 Å². The molecule has 2 unspecified atom stereocenters. The number of nitrogens with one attached hydrogen (secondary N) is 1. The van der Waals surface area contributed by atoms with Crippen molar-refractivity contribution >= 4 is 10.0 Å². The number of likely N-dealkylation sites (N-methyl/N-ethyl adjacent to an activating group) is 1. The van der Waals surface area contributed by atoms with Crippen molar-refractivity contribution in [1.82, 2.24) is 14.5 Å². The summed E-state index contributed by atoms with van der Waals surface area (Å²) in [5.41, 5.74) is 0. The lowest BCUT2D eigenvalue weighted by Gasteiger charge is -2.27. The quantitative estimate of drug-likeness (QED) is 0.791. The zero-order chi connectivity index (χ0) is 14.6. The molecule has 118 valence electrons. The molecular weight excluding hydrogens is 274 g/mol. The standard InChI is InChI=1S/C14H29N3O2S/c1-3-16(4-2)14-8-10-17(11-14)20(18,19)12-13-7-5-6-9-15-13/h13-15H,3-12H2,1-2H3. The van der Waals surface area contributed by atoms with Gasteiger partial charge in [-0.2, -0.15) is 0 Å². The minimum atomic E-state index is -3.10. The minimum Gasteiger partial charge on any atom is -0.313 e. The predicted octanol–water partition coefficient (Wildman–Crippen LogP) is 0.874. The fourth-order valence-electron chi connectivity index (χ4n) is 3.43. The highest BCUT2D eigenvalue weighted by atomic mass is 32.2. The molecule has 20 heavy (non-hydrogen) atoms. The summed E-state index contributed by atoms with van der Waals surface area (Å²) < 4.78 is 26.7. The van der Waals surface area contributed by atoms with Crippen LogP contribution >= 0.6 is 0 Å². The van der Waals surface area contributed by atoms with Gasteiger partial charge in [0.25, 0.3) is 0 Å². The van der Waals surface area contributed by atoms with Gasteiger partial charge in [0.2, 0.25) is 10.0 Å². The Labute approximate surface area is 123 Å². The van der Waals surface area contributed by atoms with E-state index in [-0.39, 0.29) is 11.8 Å². The first-order chi connectivity index (χ1) is 9.56. The average molecular weight is 303 g/mol. The number of piperidine rings is 1. The van der Waals surface area contributed by atoms with E-state index in [1.54, 1.807) is 4.31 Å². The first-order valence-electron chi connectivity index (χ1n) is 8.02. The number of hydrogen-bond donors (Lipinski definition) is 1. The second-order valence-corrected chi connectivity index (χ2v) is 7.96. The lowest BCUT2D eigenvalue weighted by Crippen LogP contribution is -2.44.